The molecule has 4 N–H and O–H groups in total. The second-order valence-electron chi connectivity index (χ2n) is 15.2. The number of primary sulfonamides is 1. The lowest BCUT2D eigenvalue weighted by molar-refractivity contribution is 0.0987. The molecule has 13 nitrogen and oxygen atoms in total. The van der Waals surface area contributed by atoms with Crippen molar-refractivity contribution in [1.82, 2.24) is 0 Å². The molecule has 62 heavy (non-hydrogen) atoms. The first kappa shape index (κ1) is 42.6. The number of hydrogen-bond donors (Lipinski definition) is 3. The minimum atomic E-state index is -4.16. The summed E-state index contributed by atoms with van der Waals surface area (Å²) >= 11 is 6.44. The van der Waals surface area contributed by atoms with Crippen molar-refractivity contribution in [2.45, 2.75) is 53.8 Å². The molecule has 1 atom stereocenters. The predicted octanol–water partition coefficient (Wildman–Crippen LogP) is 7.28. The Hall–Kier alpha value is -6.04. The normalized spacial score (nSPS) is 14.9. The summed E-state index contributed by atoms with van der Waals surface area (Å²) in [7, 11) is -12.3. The van der Waals surface area contributed by atoms with Gasteiger partial charge < -0.3 is 10.2 Å². The first-order chi connectivity index (χ1) is 29.4. The number of rotatable bonds is 11. The molecule has 0 aliphatic carbocycles. The van der Waals surface area contributed by atoms with Gasteiger partial charge in [-0.15, -0.1) is 0 Å². The van der Waals surface area contributed by atoms with Crippen LogP contribution in [0.4, 0.5) is 22.7 Å². The lowest BCUT2D eigenvalue weighted by Crippen LogP contribution is -2.35. The van der Waals surface area contributed by atoms with E-state index in [9.17, 15) is 34.8 Å². The van der Waals surface area contributed by atoms with Gasteiger partial charge in [0.05, 0.1) is 31.0 Å². The Bertz CT molecular complexity index is 3160. The van der Waals surface area contributed by atoms with Crippen LogP contribution in [0, 0.1) is 6.92 Å². The van der Waals surface area contributed by atoms with E-state index in [2.05, 4.69) is 10.0 Å². The highest BCUT2D eigenvalue weighted by atomic mass is 35.5. The molecule has 1 unspecified atom stereocenters. The van der Waals surface area contributed by atoms with Crippen LogP contribution in [-0.2, 0) is 49.3 Å². The van der Waals surface area contributed by atoms with E-state index in [1.54, 1.807) is 29.2 Å². The zero-order valence-corrected chi connectivity index (χ0v) is 36.6. The number of carbonyl (C=O) groups excluding carboxylic acids is 2. The Morgan fingerprint density at radius 3 is 2.24 bits per heavy atom. The number of hydrogen-bond acceptors (Lipinski definition) is 8. The third kappa shape index (κ3) is 8.31. The van der Waals surface area contributed by atoms with Crippen molar-refractivity contribution in [3.05, 3.63) is 171 Å². The van der Waals surface area contributed by atoms with Gasteiger partial charge in [-0.2, -0.15) is 0 Å². The number of nitrogens with two attached hydrogens (primary N) is 1. The maximum Gasteiger partial charge on any atom is 0.264 e. The highest BCUT2D eigenvalue weighted by Crippen LogP contribution is 2.40. The number of aryl methyl sites for hydroxylation is 1. The van der Waals surface area contributed by atoms with Crippen molar-refractivity contribution in [2.75, 3.05) is 25.8 Å². The first-order valence-electron chi connectivity index (χ1n) is 19.4. The summed E-state index contributed by atoms with van der Waals surface area (Å²) in [5, 5.41) is 7.97. The number of carbonyl (C=O) groups is 2. The molecule has 2 aliphatic rings. The topological polar surface area (TPSA) is 193 Å². The van der Waals surface area contributed by atoms with Crippen LogP contribution in [0.25, 0.3) is 0 Å². The molecule has 2 amide bonds. The number of benzene rings is 6. The molecule has 0 fully saturated rings. The molecule has 2 aliphatic heterocycles. The molecule has 2 heterocycles. The van der Waals surface area contributed by atoms with Crippen molar-refractivity contribution < 1.29 is 34.8 Å². The van der Waals surface area contributed by atoms with Crippen LogP contribution < -0.4 is 24.4 Å². The van der Waals surface area contributed by atoms with Gasteiger partial charge in [-0.3, -0.25) is 18.6 Å². The molecular weight excluding hydrogens is 870 g/mol. The summed E-state index contributed by atoms with van der Waals surface area (Å²) in [4.78, 5) is 28.0. The van der Waals surface area contributed by atoms with Gasteiger partial charge in [-0.05, 0) is 140 Å². The Kier molecular flexibility index (Phi) is 11.2. The average Bonchev–Trinajstić information content (AvgIpc) is 3.83. The molecule has 0 saturated carbocycles. The van der Waals surface area contributed by atoms with Gasteiger partial charge in [-0.1, -0.05) is 60.1 Å². The zero-order valence-electron chi connectivity index (χ0n) is 33.4. The molecule has 0 saturated heterocycles. The average molecular weight is 910 g/mol. The Labute approximate surface area is 365 Å². The van der Waals surface area contributed by atoms with E-state index in [4.69, 9.17) is 16.7 Å². The smallest absolute Gasteiger partial charge is 0.264 e. The summed E-state index contributed by atoms with van der Waals surface area (Å²) in [6.07, 6.45) is 1.55. The van der Waals surface area contributed by atoms with E-state index in [1.165, 1.54) is 71.0 Å². The summed E-state index contributed by atoms with van der Waals surface area (Å²) in [6, 6.07) is 32.9. The van der Waals surface area contributed by atoms with Crippen LogP contribution in [0.3, 0.4) is 0 Å². The molecule has 0 spiro atoms. The fourth-order valence-electron chi connectivity index (χ4n) is 7.98. The predicted molar refractivity (Wildman–Crippen MR) is 240 cm³/mol. The molecule has 318 valence electrons. The Balaban J connectivity index is 0.986. The van der Waals surface area contributed by atoms with Gasteiger partial charge in [0.1, 0.15) is 0 Å². The number of nitrogens with one attached hydrogen (secondary N) is 2. The number of nitrogens with zero attached hydrogens (tertiary/aromatic N) is 2. The van der Waals surface area contributed by atoms with E-state index >= 15 is 0 Å². The minimum absolute atomic E-state index is 0.0474. The molecule has 6 aromatic carbocycles. The highest BCUT2D eigenvalue weighted by Gasteiger charge is 2.37. The summed E-state index contributed by atoms with van der Waals surface area (Å²) in [5.74, 6) is -1.03. The van der Waals surface area contributed by atoms with E-state index < -0.39 is 42.0 Å². The van der Waals surface area contributed by atoms with E-state index in [1.807, 2.05) is 50.2 Å². The van der Waals surface area contributed by atoms with Crippen LogP contribution in [0.1, 0.15) is 55.5 Å². The fourth-order valence-corrected chi connectivity index (χ4v) is 11.5. The van der Waals surface area contributed by atoms with Gasteiger partial charge in [0.25, 0.3) is 31.9 Å². The minimum Gasteiger partial charge on any atom is -0.322 e. The number of para-hydroxylation sites is 1. The third-order valence-electron chi connectivity index (χ3n) is 11.0. The van der Waals surface area contributed by atoms with Gasteiger partial charge in [0.15, 0.2) is 0 Å². The quantitative estimate of drug-likeness (QED) is 0.121. The van der Waals surface area contributed by atoms with Gasteiger partial charge >= 0.3 is 0 Å². The number of halogens is 1. The maximum atomic E-state index is 14.3. The van der Waals surface area contributed by atoms with Gasteiger partial charge in [-0.25, -0.2) is 30.4 Å². The van der Waals surface area contributed by atoms with Crippen molar-refractivity contribution in [2.24, 2.45) is 5.14 Å². The molecule has 6 aromatic rings. The third-order valence-corrected chi connectivity index (χ3v) is 15.6. The van der Waals surface area contributed by atoms with Crippen LogP contribution in [0.15, 0.2) is 142 Å². The maximum absolute atomic E-state index is 14.3. The van der Waals surface area contributed by atoms with Gasteiger partial charge in [0.2, 0.25) is 10.0 Å². The van der Waals surface area contributed by atoms with E-state index in [0.29, 0.717) is 37.2 Å². The summed E-state index contributed by atoms with van der Waals surface area (Å²) in [6.45, 7) is 4.14. The molecular formula is C45H40ClN5O8S3. The Morgan fingerprint density at radius 1 is 0.742 bits per heavy atom. The zero-order chi connectivity index (χ0) is 44.1. The fraction of sp³-hybridized carbons (Fsp3) is 0.156. The molecule has 17 heteroatoms. The lowest BCUT2D eigenvalue weighted by Gasteiger charge is -2.25. The number of anilines is 4. The van der Waals surface area contributed by atoms with Crippen LogP contribution in [0.5, 0.6) is 0 Å². The van der Waals surface area contributed by atoms with Gasteiger partial charge in [0, 0.05) is 35.2 Å². The highest BCUT2D eigenvalue weighted by molar-refractivity contribution is 7.93. The van der Waals surface area contributed by atoms with Crippen LogP contribution in [0.2, 0.25) is 5.02 Å². The Morgan fingerprint density at radius 2 is 1.47 bits per heavy atom. The number of sulfonamides is 3. The lowest BCUT2D eigenvalue weighted by atomic mass is 9.95. The van der Waals surface area contributed by atoms with Crippen LogP contribution >= 0.6 is 11.6 Å². The molecule has 0 radical (unpaired) electrons. The SMILES string of the molecule is Cc1cc(NS(=O)(=O)c2ccc(Cl)c(C(=O)N3CCc4ccccc43)c2)ccc1Cc1cccc2c1CC(C)N2S(=O)(=O)c1cccc(C(=O)Nc2cccc(S(N)(=O)=O)c2)c1. The summed E-state index contributed by atoms with van der Waals surface area (Å²) in [5.41, 5.74) is 6.38. The summed E-state index contributed by atoms with van der Waals surface area (Å²) < 4.78 is 83.5. The second kappa shape index (κ2) is 16.3. The van der Waals surface area contributed by atoms with Crippen molar-refractivity contribution in [1.29, 1.82) is 0 Å². The number of amides is 2. The van der Waals surface area contributed by atoms with Crippen molar-refractivity contribution in [3.63, 3.8) is 0 Å². The first-order valence-corrected chi connectivity index (χ1v) is 24.3. The van der Waals surface area contributed by atoms with Crippen molar-refractivity contribution in [3.8, 4) is 0 Å². The molecule has 8 rings (SSSR count). The largest absolute Gasteiger partial charge is 0.322 e. The van der Waals surface area contributed by atoms with E-state index in [-0.39, 0.29) is 42.4 Å². The second-order valence-corrected chi connectivity index (χ2v) is 20.7. The molecule has 0 aromatic heterocycles. The molecule has 0 bridgehead atoms. The standard InChI is InChI=1S/C45H40ClN5O8S3/c1-28-22-35(49-61(56,57)37-18-19-41(46)40(27-37)45(53)50-21-20-30-8-3-4-14-42(30)50)17-16-31(28)24-32-9-6-15-43-39(32)23-29(2)51(43)62(58,59)38-13-5-10-33(25-38)44(52)48-34-11-7-12-36(26-34)60(47,54)55/h3-19,22,25-27,29,49H,20-21,23-24H2,1-2H3,(H,48,52)(H2,47,54,55). The van der Waals surface area contributed by atoms with Crippen molar-refractivity contribution >= 4 is 76.2 Å². The number of fused-ring (bicyclic) bond motifs is 2. The monoisotopic (exact) mass is 909 g/mol. The van der Waals surface area contributed by atoms with E-state index in [0.717, 1.165) is 33.5 Å². The van der Waals surface area contributed by atoms with Crippen LogP contribution in [-0.4, -0.2) is 49.7 Å².